The molecule has 4 aromatic carbocycles. The highest BCUT2D eigenvalue weighted by molar-refractivity contribution is 5.75. The van der Waals surface area contributed by atoms with Crippen molar-refractivity contribution in [3.63, 3.8) is 0 Å². The molecule has 6 nitrogen and oxygen atoms in total. The number of hydrogen-bond acceptors (Lipinski definition) is 6. The second-order valence-corrected chi connectivity index (χ2v) is 9.24. The lowest BCUT2D eigenvalue weighted by atomic mass is 9.89. The summed E-state index contributed by atoms with van der Waals surface area (Å²) in [5.41, 5.74) is 8.07. The van der Waals surface area contributed by atoms with Gasteiger partial charge in [0.05, 0.1) is 0 Å². The normalized spacial score (nSPS) is 10.5. The van der Waals surface area contributed by atoms with E-state index < -0.39 is 0 Å². The standard InChI is InChI=1S/C33H30O6/c1-22-31(19-37-28-10-4-25(16-34)5-11-28)23(2)33(21-39-30-14-8-27(18-36)9-15-30)24(3)32(22)20-38-29-12-6-26(17-35)7-13-29/h4-18H,19-21H2,1-3H3. The number of hydrogen-bond donors (Lipinski definition) is 0. The van der Waals surface area contributed by atoms with Crippen molar-refractivity contribution in [1.82, 2.24) is 0 Å². The average Bonchev–Trinajstić information content (AvgIpc) is 2.97. The van der Waals surface area contributed by atoms with E-state index in [9.17, 15) is 14.4 Å². The van der Waals surface area contributed by atoms with E-state index in [1.54, 1.807) is 72.8 Å². The van der Waals surface area contributed by atoms with E-state index in [1.165, 1.54) is 0 Å². The lowest BCUT2D eigenvalue weighted by Gasteiger charge is -2.23. The van der Waals surface area contributed by atoms with Crippen LogP contribution >= 0.6 is 0 Å². The molecule has 4 aromatic rings. The number of rotatable bonds is 12. The fourth-order valence-corrected chi connectivity index (χ4v) is 4.43. The highest BCUT2D eigenvalue weighted by atomic mass is 16.5. The van der Waals surface area contributed by atoms with Gasteiger partial charge in [0.1, 0.15) is 55.9 Å². The third-order valence-corrected chi connectivity index (χ3v) is 6.91. The van der Waals surface area contributed by atoms with Crippen LogP contribution in [0.15, 0.2) is 72.8 Å². The van der Waals surface area contributed by atoms with E-state index in [0.717, 1.165) is 52.2 Å². The zero-order chi connectivity index (χ0) is 27.8. The second-order valence-electron chi connectivity index (χ2n) is 9.24. The molecule has 0 amide bonds. The van der Waals surface area contributed by atoms with E-state index in [1.807, 2.05) is 0 Å². The first-order valence-corrected chi connectivity index (χ1v) is 12.6. The molecule has 0 aliphatic rings. The van der Waals surface area contributed by atoms with Gasteiger partial charge in [-0.05, 0) is 127 Å². The van der Waals surface area contributed by atoms with Crippen molar-refractivity contribution in [1.29, 1.82) is 0 Å². The molecule has 0 atom stereocenters. The van der Waals surface area contributed by atoms with E-state index in [-0.39, 0.29) is 0 Å². The number of aldehydes is 3. The minimum atomic E-state index is 0.334. The Labute approximate surface area is 228 Å². The average molecular weight is 523 g/mol. The molecule has 0 bridgehead atoms. The Morgan fingerprint density at radius 1 is 0.436 bits per heavy atom. The number of carbonyl (C=O) groups excluding carboxylic acids is 3. The predicted octanol–water partition coefficient (Wildman–Crippen LogP) is 6.79. The number of benzene rings is 4. The van der Waals surface area contributed by atoms with Crippen LogP contribution in [-0.2, 0) is 19.8 Å². The van der Waals surface area contributed by atoms with Crippen molar-refractivity contribution in [3.05, 3.63) is 123 Å². The van der Waals surface area contributed by atoms with Crippen molar-refractivity contribution in [2.24, 2.45) is 0 Å². The SMILES string of the molecule is Cc1c(COc2ccc(C=O)cc2)c(C)c(COc2ccc(C=O)cc2)c(C)c1COc1ccc(C=O)cc1. The summed E-state index contributed by atoms with van der Waals surface area (Å²) in [6.45, 7) is 7.18. The van der Waals surface area contributed by atoms with Crippen molar-refractivity contribution in [2.75, 3.05) is 0 Å². The van der Waals surface area contributed by atoms with Gasteiger partial charge in [0, 0.05) is 16.7 Å². The van der Waals surface area contributed by atoms with Crippen LogP contribution in [0.1, 0.15) is 64.5 Å². The lowest BCUT2D eigenvalue weighted by Crippen LogP contribution is -2.13. The Kier molecular flexibility index (Phi) is 8.90. The molecular formula is C33H30O6. The highest BCUT2D eigenvalue weighted by Gasteiger charge is 2.19. The smallest absolute Gasteiger partial charge is 0.150 e. The highest BCUT2D eigenvalue weighted by Crippen LogP contribution is 2.31. The molecule has 0 aromatic heterocycles. The first-order chi connectivity index (χ1) is 18.9. The van der Waals surface area contributed by atoms with Crippen molar-refractivity contribution >= 4 is 18.9 Å². The molecule has 0 heterocycles. The minimum absolute atomic E-state index is 0.334. The Morgan fingerprint density at radius 3 is 0.872 bits per heavy atom. The van der Waals surface area contributed by atoms with E-state index in [4.69, 9.17) is 14.2 Å². The number of ether oxygens (including phenoxy) is 3. The molecule has 0 radical (unpaired) electrons. The molecule has 39 heavy (non-hydrogen) atoms. The van der Waals surface area contributed by atoms with Crippen molar-refractivity contribution in [2.45, 2.75) is 40.6 Å². The van der Waals surface area contributed by atoms with Gasteiger partial charge in [-0.1, -0.05) is 0 Å². The Morgan fingerprint density at radius 2 is 0.667 bits per heavy atom. The van der Waals surface area contributed by atoms with Crippen LogP contribution in [0.25, 0.3) is 0 Å². The molecule has 0 unspecified atom stereocenters. The maximum atomic E-state index is 11.0. The zero-order valence-corrected chi connectivity index (χ0v) is 22.2. The molecule has 0 saturated carbocycles. The van der Waals surface area contributed by atoms with Gasteiger partial charge in [-0.25, -0.2) is 0 Å². The van der Waals surface area contributed by atoms with Crippen LogP contribution in [0, 0.1) is 20.8 Å². The van der Waals surface area contributed by atoms with Crippen LogP contribution in [-0.4, -0.2) is 18.9 Å². The van der Waals surface area contributed by atoms with Gasteiger partial charge in [-0.3, -0.25) is 14.4 Å². The second kappa shape index (κ2) is 12.7. The Hall–Kier alpha value is -4.71. The van der Waals surface area contributed by atoms with Crippen LogP contribution in [0.5, 0.6) is 17.2 Å². The zero-order valence-electron chi connectivity index (χ0n) is 22.2. The maximum absolute atomic E-state index is 11.0. The van der Waals surface area contributed by atoms with E-state index >= 15 is 0 Å². The first-order valence-electron chi connectivity index (χ1n) is 12.6. The van der Waals surface area contributed by atoms with Gasteiger partial charge < -0.3 is 14.2 Å². The van der Waals surface area contributed by atoms with Crippen molar-refractivity contribution in [3.8, 4) is 17.2 Å². The van der Waals surface area contributed by atoms with E-state index in [0.29, 0.717) is 53.8 Å². The van der Waals surface area contributed by atoms with Crippen LogP contribution < -0.4 is 14.2 Å². The summed E-state index contributed by atoms with van der Waals surface area (Å²) in [6, 6.07) is 21.0. The molecular weight excluding hydrogens is 492 g/mol. The topological polar surface area (TPSA) is 78.9 Å². The largest absolute Gasteiger partial charge is 0.489 e. The van der Waals surface area contributed by atoms with Gasteiger partial charge in [0.2, 0.25) is 0 Å². The molecule has 6 heteroatoms. The number of carbonyl (C=O) groups is 3. The fourth-order valence-electron chi connectivity index (χ4n) is 4.43. The molecule has 0 spiro atoms. The molecule has 0 aliphatic carbocycles. The molecule has 0 aliphatic heterocycles. The fraction of sp³-hybridized carbons (Fsp3) is 0.182. The predicted molar refractivity (Wildman–Crippen MR) is 149 cm³/mol. The molecule has 0 N–H and O–H groups in total. The molecule has 0 saturated heterocycles. The van der Waals surface area contributed by atoms with Gasteiger partial charge in [0.15, 0.2) is 0 Å². The summed E-state index contributed by atoms with van der Waals surface area (Å²) in [5.74, 6) is 2.00. The van der Waals surface area contributed by atoms with Gasteiger partial charge in [0.25, 0.3) is 0 Å². The summed E-state index contributed by atoms with van der Waals surface area (Å²) in [6.07, 6.45) is 2.40. The van der Waals surface area contributed by atoms with E-state index in [2.05, 4.69) is 20.8 Å². The maximum Gasteiger partial charge on any atom is 0.150 e. The first kappa shape index (κ1) is 27.3. The third-order valence-electron chi connectivity index (χ3n) is 6.91. The van der Waals surface area contributed by atoms with Crippen LogP contribution in [0.3, 0.4) is 0 Å². The summed E-state index contributed by atoms with van der Waals surface area (Å²) in [4.78, 5) is 33.0. The summed E-state index contributed by atoms with van der Waals surface area (Å²) >= 11 is 0. The van der Waals surface area contributed by atoms with Gasteiger partial charge >= 0.3 is 0 Å². The lowest BCUT2D eigenvalue weighted by molar-refractivity contribution is 0.111. The third kappa shape index (κ3) is 6.60. The molecule has 198 valence electrons. The van der Waals surface area contributed by atoms with Crippen molar-refractivity contribution < 1.29 is 28.6 Å². The minimum Gasteiger partial charge on any atom is -0.489 e. The van der Waals surface area contributed by atoms with Gasteiger partial charge in [-0.15, -0.1) is 0 Å². The Bertz CT molecular complexity index is 1250. The summed E-state index contributed by atoms with van der Waals surface area (Å²) in [7, 11) is 0. The monoisotopic (exact) mass is 522 g/mol. The van der Waals surface area contributed by atoms with Crippen LogP contribution in [0.2, 0.25) is 0 Å². The van der Waals surface area contributed by atoms with Gasteiger partial charge in [-0.2, -0.15) is 0 Å². The summed E-state index contributed by atoms with van der Waals surface area (Å²) < 4.78 is 18.3. The Balaban J connectivity index is 1.63. The summed E-state index contributed by atoms with van der Waals surface area (Å²) in [5, 5.41) is 0. The van der Waals surface area contributed by atoms with Crippen LogP contribution in [0.4, 0.5) is 0 Å². The molecule has 0 fully saturated rings. The molecule has 4 rings (SSSR count). The quantitative estimate of drug-likeness (QED) is 0.191.